The fraction of sp³-hybridized carbons (Fsp3) is 0.556. The fourth-order valence-corrected chi connectivity index (χ4v) is 3.65. The van der Waals surface area contributed by atoms with E-state index in [0.29, 0.717) is 13.1 Å². The van der Waals surface area contributed by atoms with Crippen molar-refractivity contribution in [2.45, 2.75) is 32.2 Å². The second-order valence-corrected chi connectivity index (χ2v) is 7.17. The Morgan fingerprint density at radius 3 is 2.79 bits per heavy atom. The fourth-order valence-electron chi connectivity index (χ4n) is 2.94. The van der Waals surface area contributed by atoms with Gasteiger partial charge in [0.25, 0.3) is 0 Å². The van der Waals surface area contributed by atoms with Crippen molar-refractivity contribution in [3.8, 4) is 0 Å². The number of rotatable bonds is 8. The normalized spacial score (nSPS) is 17.2. The summed E-state index contributed by atoms with van der Waals surface area (Å²) in [6.45, 7) is 8.27. The molecule has 0 bridgehead atoms. The van der Waals surface area contributed by atoms with Crippen molar-refractivity contribution in [1.29, 1.82) is 0 Å². The van der Waals surface area contributed by atoms with Crippen LogP contribution in [-0.4, -0.2) is 48.9 Å². The first-order chi connectivity index (χ1) is 11.6. The molecule has 1 aliphatic heterocycles. The molecule has 2 N–H and O–H groups in total. The van der Waals surface area contributed by atoms with Crippen LogP contribution < -0.4 is 10.6 Å². The first-order valence-electron chi connectivity index (χ1n) is 8.54. The summed E-state index contributed by atoms with van der Waals surface area (Å²) in [6.07, 6.45) is 4.19. The Morgan fingerprint density at radius 2 is 2.17 bits per heavy atom. The lowest BCUT2D eigenvalue weighted by Gasteiger charge is -2.34. The van der Waals surface area contributed by atoms with E-state index in [2.05, 4.69) is 33.6 Å². The topological polar surface area (TPSA) is 61.4 Å². The number of amides is 2. The third kappa shape index (κ3) is 5.46. The van der Waals surface area contributed by atoms with Crippen LogP contribution in [-0.2, 0) is 16.0 Å². The molecule has 2 rings (SSSR count). The van der Waals surface area contributed by atoms with E-state index in [1.54, 1.807) is 17.4 Å². The molecule has 0 aliphatic carbocycles. The van der Waals surface area contributed by atoms with Gasteiger partial charge in [0, 0.05) is 23.9 Å². The Labute approximate surface area is 148 Å². The van der Waals surface area contributed by atoms with Crippen LogP contribution in [0.1, 0.15) is 24.6 Å². The molecule has 0 aromatic carbocycles. The molecule has 1 aliphatic rings. The SMILES string of the molecule is C=CCNC(=O)[C@@H](C)N1CCC(C(=O)NCCc2cccs2)CC1. The lowest BCUT2D eigenvalue weighted by Crippen LogP contribution is -2.49. The lowest BCUT2D eigenvalue weighted by atomic mass is 9.95. The van der Waals surface area contributed by atoms with Crippen molar-refractivity contribution in [2.75, 3.05) is 26.2 Å². The minimum Gasteiger partial charge on any atom is -0.355 e. The summed E-state index contributed by atoms with van der Waals surface area (Å²) >= 11 is 1.72. The van der Waals surface area contributed by atoms with Crippen LogP contribution >= 0.6 is 11.3 Å². The molecule has 2 heterocycles. The molecule has 1 atom stereocenters. The molecule has 1 aromatic rings. The van der Waals surface area contributed by atoms with Crippen LogP contribution in [0.5, 0.6) is 0 Å². The standard InChI is InChI=1S/C18H27N3O2S/c1-3-9-19-17(22)14(2)21-11-7-15(8-12-21)18(23)20-10-6-16-5-4-13-24-16/h3-5,13-15H,1,6-12H2,2H3,(H,19,22)(H,20,23)/t14-/m1/s1. The molecule has 1 fully saturated rings. The summed E-state index contributed by atoms with van der Waals surface area (Å²) in [7, 11) is 0. The van der Waals surface area contributed by atoms with E-state index in [1.165, 1.54) is 4.88 Å². The van der Waals surface area contributed by atoms with Gasteiger partial charge in [0.1, 0.15) is 0 Å². The molecular weight excluding hydrogens is 322 g/mol. The van der Waals surface area contributed by atoms with Gasteiger partial charge in [-0.05, 0) is 50.7 Å². The van der Waals surface area contributed by atoms with Crippen molar-refractivity contribution >= 4 is 23.2 Å². The van der Waals surface area contributed by atoms with Gasteiger partial charge in [-0.1, -0.05) is 12.1 Å². The van der Waals surface area contributed by atoms with Gasteiger partial charge in [0.05, 0.1) is 6.04 Å². The maximum atomic E-state index is 12.3. The summed E-state index contributed by atoms with van der Waals surface area (Å²) in [4.78, 5) is 27.7. The number of nitrogens with one attached hydrogen (secondary N) is 2. The van der Waals surface area contributed by atoms with Crippen LogP contribution in [0.2, 0.25) is 0 Å². The van der Waals surface area contributed by atoms with E-state index in [0.717, 1.165) is 32.4 Å². The number of thiophene rings is 1. The lowest BCUT2D eigenvalue weighted by molar-refractivity contribution is -0.128. The number of hydrogen-bond acceptors (Lipinski definition) is 4. The molecule has 0 spiro atoms. The number of carbonyl (C=O) groups excluding carboxylic acids is 2. The van der Waals surface area contributed by atoms with Gasteiger partial charge < -0.3 is 10.6 Å². The zero-order chi connectivity index (χ0) is 17.4. The van der Waals surface area contributed by atoms with Gasteiger partial charge in [-0.25, -0.2) is 0 Å². The van der Waals surface area contributed by atoms with Crippen LogP contribution in [0.4, 0.5) is 0 Å². The molecule has 24 heavy (non-hydrogen) atoms. The van der Waals surface area contributed by atoms with Gasteiger partial charge in [0.15, 0.2) is 0 Å². The van der Waals surface area contributed by atoms with Crippen LogP contribution in [0.25, 0.3) is 0 Å². The number of hydrogen-bond donors (Lipinski definition) is 2. The van der Waals surface area contributed by atoms with E-state index < -0.39 is 0 Å². The van der Waals surface area contributed by atoms with E-state index >= 15 is 0 Å². The van der Waals surface area contributed by atoms with Gasteiger partial charge in [0.2, 0.25) is 11.8 Å². The molecule has 1 saturated heterocycles. The highest BCUT2D eigenvalue weighted by Gasteiger charge is 2.29. The second kappa shape index (κ2) is 9.59. The Balaban J connectivity index is 1.68. The van der Waals surface area contributed by atoms with E-state index in [9.17, 15) is 9.59 Å². The monoisotopic (exact) mass is 349 g/mol. The van der Waals surface area contributed by atoms with Crippen LogP contribution in [0, 0.1) is 5.92 Å². The maximum Gasteiger partial charge on any atom is 0.237 e. The Hall–Kier alpha value is -1.66. The third-order valence-corrected chi connectivity index (χ3v) is 5.44. The first kappa shape index (κ1) is 18.7. The molecule has 1 aromatic heterocycles. The molecule has 132 valence electrons. The molecule has 2 amide bonds. The highest BCUT2D eigenvalue weighted by atomic mass is 32.1. The minimum atomic E-state index is -0.159. The number of nitrogens with zero attached hydrogens (tertiary/aromatic N) is 1. The number of carbonyl (C=O) groups is 2. The van der Waals surface area contributed by atoms with Crippen molar-refractivity contribution in [2.24, 2.45) is 5.92 Å². The molecule has 0 saturated carbocycles. The van der Waals surface area contributed by atoms with Gasteiger partial charge >= 0.3 is 0 Å². The van der Waals surface area contributed by atoms with Crippen molar-refractivity contribution < 1.29 is 9.59 Å². The predicted molar refractivity (Wildman–Crippen MR) is 98.0 cm³/mol. The summed E-state index contributed by atoms with van der Waals surface area (Å²) in [6, 6.07) is 3.96. The zero-order valence-electron chi connectivity index (χ0n) is 14.3. The third-order valence-electron chi connectivity index (χ3n) is 4.50. The highest BCUT2D eigenvalue weighted by molar-refractivity contribution is 7.09. The average molecular weight is 350 g/mol. The van der Waals surface area contributed by atoms with Gasteiger partial charge in [-0.3, -0.25) is 14.5 Å². The molecule has 5 nitrogen and oxygen atoms in total. The zero-order valence-corrected chi connectivity index (χ0v) is 15.1. The van der Waals surface area contributed by atoms with E-state index in [-0.39, 0.29) is 23.8 Å². The smallest absolute Gasteiger partial charge is 0.237 e. The summed E-state index contributed by atoms with van der Waals surface area (Å²) in [5, 5.41) is 7.93. The largest absolute Gasteiger partial charge is 0.355 e. The van der Waals surface area contributed by atoms with E-state index in [1.807, 2.05) is 13.0 Å². The summed E-state index contributed by atoms with van der Waals surface area (Å²) in [5.41, 5.74) is 0. The van der Waals surface area contributed by atoms with Crippen molar-refractivity contribution in [3.63, 3.8) is 0 Å². The Bertz CT molecular complexity index is 536. The second-order valence-electron chi connectivity index (χ2n) is 6.14. The highest BCUT2D eigenvalue weighted by Crippen LogP contribution is 2.19. The van der Waals surface area contributed by atoms with Crippen molar-refractivity contribution in [1.82, 2.24) is 15.5 Å². The van der Waals surface area contributed by atoms with Gasteiger partial charge in [-0.15, -0.1) is 17.9 Å². The molecular formula is C18H27N3O2S. The molecule has 6 heteroatoms. The van der Waals surface area contributed by atoms with E-state index in [4.69, 9.17) is 0 Å². The maximum absolute atomic E-state index is 12.3. The van der Waals surface area contributed by atoms with Gasteiger partial charge in [-0.2, -0.15) is 0 Å². The molecule has 0 unspecified atom stereocenters. The molecule has 0 radical (unpaired) electrons. The predicted octanol–water partition coefficient (Wildman–Crippen LogP) is 1.81. The number of piperidine rings is 1. The van der Waals surface area contributed by atoms with Crippen molar-refractivity contribution in [3.05, 3.63) is 35.0 Å². The Morgan fingerprint density at radius 1 is 1.42 bits per heavy atom. The first-order valence-corrected chi connectivity index (χ1v) is 9.42. The van der Waals surface area contributed by atoms with Crippen LogP contribution in [0.15, 0.2) is 30.2 Å². The number of likely N-dealkylation sites (tertiary alicyclic amines) is 1. The average Bonchev–Trinajstić information content (AvgIpc) is 3.12. The quantitative estimate of drug-likeness (QED) is 0.704. The Kier molecular flexibility index (Phi) is 7.46. The summed E-state index contributed by atoms with van der Waals surface area (Å²) in [5.74, 6) is 0.233. The van der Waals surface area contributed by atoms with Crippen LogP contribution in [0.3, 0.4) is 0 Å². The summed E-state index contributed by atoms with van der Waals surface area (Å²) < 4.78 is 0. The minimum absolute atomic E-state index is 0.0220.